The zero-order valence-electron chi connectivity index (χ0n) is 26.7. The minimum absolute atomic E-state index is 0.379. The van der Waals surface area contributed by atoms with Crippen LogP contribution >= 0.6 is 0 Å². The number of fused-ring (bicyclic) bond motifs is 3. The van der Waals surface area contributed by atoms with Crippen LogP contribution < -0.4 is 5.32 Å². The third-order valence-corrected chi connectivity index (χ3v) is 8.50. The summed E-state index contributed by atoms with van der Waals surface area (Å²) >= 11 is 0. The predicted molar refractivity (Wildman–Crippen MR) is 180 cm³/mol. The molecule has 0 aliphatic heterocycles. The molecule has 0 radical (unpaired) electrons. The average molecular weight is 612 g/mol. The maximum absolute atomic E-state index is 12.9. The fraction of sp³-hybridized carbons (Fsp3) is 0.263. The number of nitrogens with zero attached hydrogens (tertiary/aromatic N) is 4. The third kappa shape index (κ3) is 5.39. The second kappa shape index (κ2) is 10.8. The van der Waals surface area contributed by atoms with Crippen molar-refractivity contribution in [2.75, 3.05) is 0 Å². The van der Waals surface area contributed by atoms with Gasteiger partial charge in [-0.15, -0.1) is 0 Å². The molecule has 0 spiro atoms. The number of hydrogen-bond acceptors (Lipinski definition) is 6. The monoisotopic (exact) mass is 611 g/mol. The van der Waals surface area contributed by atoms with Crippen molar-refractivity contribution >= 4 is 22.8 Å². The van der Waals surface area contributed by atoms with Crippen LogP contribution in [0.2, 0.25) is 0 Å². The van der Waals surface area contributed by atoms with E-state index in [-0.39, 0.29) is 0 Å². The highest BCUT2D eigenvalue weighted by Gasteiger charge is 2.53. The van der Waals surface area contributed by atoms with Crippen molar-refractivity contribution < 1.29 is 14.6 Å². The van der Waals surface area contributed by atoms with Crippen LogP contribution in [0.3, 0.4) is 0 Å². The lowest BCUT2D eigenvalue weighted by Gasteiger charge is -2.52. The van der Waals surface area contributed by atoms with Crippen LogP contribution in [0.4, 0.5) is 4.79 Å². The molecule has 8 nitrogen and oxygen atoms in total. The van der Waals surface area contributed by atoms with Gasteiger partial charge < -0.3 is 15.2 Å². The summed E-state index contributed by atoms with van der Waals surface area (Å²) in [7, 11) is 0. The van der Waals surface area contributed by atoms with Gasteiger partial charge in [-0.3, -0.25) is 0 Å². The van der Waals surface area contributed by atoms with Crippen LogP contribution in [-0.4, -0.2) is 42.0 Å². The first kappa shape index (κ1) is 29.6. The average Bonchev–Trinajstić information content (AvgIpc) is 3.40. The van der Waals surface area contributed by atoms with Crippen LogP contribution in [0.1, 0.15) is 51.8 Å². The van der Waals surface area contributed by atoms with Crippen molar-refractivity contribution in [3.8, 4) is 33.5 Å². The summed E-state index contributed by atoms with van der Waals surface area (Å²) in [5.74, 6) is 0. The summed E-state index contributed by atoms with van der Waals surface area (Å²) in [5.41, 5.74) is 6.75. The van der Waals surface area contributed by atoms with Crippen molar-refractivity contribution in [2.45, 2.75) is 64.2 Å². The number of pyridine rings is 1. The van der Waals surface area contributed by atoms with Crippen molar-refractivity contribution in [1.82, 2.24) is 24.9 Å². The van der Waals surface area contributed by atoms with Crippen molar-refractivity contribution in [2.24, 2.45) is 0 Å². The van der Waals surface area contributed by atoms with Gasteiger partial charge >= 0.3 is 6.09 Å². The summed E-state index contributed by atoms with van der Waals surface area (Å²) in [4.78, 5) is 23.0. The molecule has 3 aromatic carbocycles. The SMILES string of the molecule is Cc1cc2ncc3c(-c4ccccc4)c(-c4ccccc4)c(-c4ccc([C@]5(NC(=O)OC(C)(C)C)C[C@@](C)(O)C5)cc4)nc3n2n1. The molecular formula is C38H37N5O3. The zero-order valence-corrected chi connectivity index (χ0v) is 26.7. The number of carbonyl (C=O) groups excluding carboxylic acids is 1. The van der Waals surface area contributed by atoms with Crippen LogP contribution in [-0.2, 0) is 10.3 Å². The fourth-order valence-electron chi connectivity index (χ4n) is 6.79. The Labute approximate surface area is 268 Å². The molecule has 1 saturated carbocycles. The smallest absolute Gasteiger partial charge is 0.408 e. The highest BCUT2D eigenvalue weighted by molar-refractivity contribution is 6.06. The highest BCUT2D eigenvalue weighted by atomic mass is 16.6. The van der Waals surface area contributed by atoms with Gasteiger partial charge in [-0.05, 0) is 51.3 Å². The molecule has 46 heavy (non-hydrogen) atoms. The van der Waals surface area contributed by atoms with Crippen LogP contribution in [0.15, 0.2) is 97.2 Å². The van der Waals surface area contributed by atoms with Crippen molar-refractivity contribution in [3.05, 3.63) is 108 Å². The normalized spacial score (nSPS) is 19.6. The van der Waals surface area contributed by atoms with Gasteiger partial charge in [0.05, 0.1) is 22.5 Å². The predicted octanol–water partition coefficient (Wildman–Crippen LogP) is 7.85. The van der Waals surface area contributed by atoms with E-state index in [0.29, 0.717) is 18.5 Å². The number of aryl methyl sites for hydroxylation is 1. The lowest BCUT2D eigenvalue weighted by Crippen LogP contribution is -2.62. The first-order valence-electron chi connectivity index (χ1n) is 15.6. The molecule has 0 atom stereocenters. The number of rotatable bonds is 5. The first-order valence-corrected chi connectivity index (χ1v) is 15.6. The second-order valence-electron chi connectivity index (χ2n) is 13.6. The van der Waals surface area contributed by atoms with E-state index in [0.717, 1.165) is 55.8 Å². The van der Waals surface area contributed by atoms with Crippen LogP contribution in [0.5, 0.6) is 0 Å². The molecule has 2 N–H and O–H groups in total. The minimum atomic E-state index is -0.889. The molecule has 232 valence electrons. The Morgan fingerprint density at radius 2 is 1.50 bits per heavy atom. The molecule has 1 fully saturated rings. The molecule has 1 aliphatic carbocycles. The number of carbonyl (C=O) groups is 1. The summed E-state index contributed by atoms with van der Waals surface area (Å²) in [5, 5.41) is 19.5. The second-order valence-corrected chi connectivity index (χ2v) is 13.6. The number of amides is 1. The third-order valence-electron chi connectivity index (χ3n) is 8.50. The van der Waals surface area contributed by atoms with E-state index in [1.807, 2.05) is 105 Å². The zero-order chi connectivity index (χ0) is 32.3. The van der Waals surface area contributed by atoms with Crippen LogP contribution in [0, 0.1) is 6.92 Å². The van der Waals surface area contributed by atoms with Gasteiger partial charge in [0.15, 0.2) is 11.3 Å². The summed E-state index contributed by atoms with van der Waals surface area (Å²) in [6.45, 7) is 9.26. The fourth-order valence-corrected chi connectivity index (χ4v) is 6.79. The molecule has 1 aliphatic rings. The van der Waals surface area contributed by atoms with Gasteiger partial charge in [-0.1, -0.05) is 84.9 Å². The van der Waals surface area contributed by atoms with Gasteiger partial charge in [-0.25, -0.2) is 14.8 Å². The molecule has 7 rings (SSSR count). The maximum Gasteiger partial charge on any atom is 0.408 e. The Kier molecular flexibility index (Phi) is 6.94. The Hall–Kier alpha value is -5.08. The molecule has 3 heterocycles. The van der Waals surface area contributed by atoms with E-state index in [4.69, 9.17) is 19.8 Å². The Morgan fingerprint density at radius 3 is 2.09 bits per heavy atom. The van der Waals surface area contributed by atoms with E-state index >= 15 is 0 Å². The number of ether oxygens (including phenoxy) is 1. The van der Waals surface area contributed by atoms with Gasteiger partial charge in [0.2, 0.25) is 0 Å². The molecule has 8 heteroatoms. The molecule has 3 aromatic heterocycles. The van der Waals surface area contributed by atoms with E-state index in [1.165, 1.54) is 0 Å². The standard InChI is InChI=1S/C38H37N5O3/c1-24-20-30-39-21-29-31(25-12-8-6-9-13-25)32(26-14-10-7-11-15-26)33(40-34(29)43(30)42-24)27-16-18-28(19-17-27)38(22-37(5,45)23-38)41-35(44)46-36(2,3)4/h6-21,45H,22-23H2,1-5H3,(H,41,44)/t37-,38+. The number of benzene rings is 3. The van der Waals surface area contributed by atoms with Gasteiger partial charge in [0.1, 0.15) is 5.60 Å². The number of nitrogens with one attached hydrogen (secondary N) is 1. The number of hydrogen-bond donors (Lipinski definition) is 2. The largest absolute Gasteiger partial charge is 0.444 e. The van der Waals surface area contributed by atoms with Crippen molar-refractivity contribution in [3.63, 3.8) is 0 Å². The quantitative estimate of drug-likeness (QED) is 0.206. The van der Waals surface area contributed by atoms with E-state index < -0.39 is 22.8 Å². The van der Waals surface area contributed by atoms with E-state index in [9.17, 15) is 9.90 Å². The maximum atomic E-state index is 12.9. The topological polar surface area (TPSA) is 102 Å². The van der Waals surface area contributed by atoms with Gasteiger partial charge in [0.25, 0.3) is 0 Å². The molecule has 1 amide bonds. The number of aromatic nitrogens is 4. The van der Waals surface area contributed by atoms with Crippen LogP contribution in [0.25, 0.3) is 50.2 Å². The van der Waals surface area contributed by atoms with Gasteiger partial charge in [-0.2, -0.15) is 9.61 Å². The highest BCUT2D eigenvalue weighted by Crippen LogP contribution is 2.49. The summed E-state index contributed by atoms with van der Waals surface area (Å²) in [6.07, 6.45) is 2.15. The lowest BCUT2D eigenvalue weighted by molar-refractivity contribution is -0.0892. The molecule has 0 bridgehead atoms. The molecule has 6 aromatic rings. The van der Waals surface area contributed by atoms with Gasteiger partial charge in [0, 0.05) is 47.2 Å². The molecule has 0 unspecified atom stereocenters. The molecule has 0 saturated heterocycles. The first-order chi connectivity index (χ1) is 21.9. The Morgan fingerprint density at radius 1 is 0.891 bits per heavy atom. The number of aliphatic hydroxyl groups is 1. The Bertz CT molecular complexity index is 2070. The summed E-state index contributed by atoms with van der Waals surface area (Å²) in [6, 6.07) is 30.7. The van der Waals surface area contributed by atoms with Crippen molar-refractivity contribution in [1.29, 1.82) is 0 Å². The molecular weight excluding hydrogens is 574 g/mol. The minimum Gasteiger partial charge on any atom is -0.444 e. The van der Waals surface area contributed by atoms with E-state index in [2.05, 4.69) is 29.6 Å². The van der Waals surface area contributed by atoms with E-state index in [1.54, 1.807) is 6.92 Å². The lowest BCUT2D eigenvalue weighted by atomic mass is 9.62. The Balaban J connectivity index is 1.43. The number of alkyl carbamates (subject to hydrolysis) is 1. The summed E-state index contributed by atoms with van der Waals surface area (Å²) < 4.78 is 7.41.